The lowest BCUT2D eigenvalue weighted by Crippen LogP contribution is -1.99. The third kappa shape index (κ3) is 2.60. The Labute approximate surface area is 170 Å². The molecule has 2 aromatic carbocycles. The van der Waals surface area contributed by atoms with E-state index < -0.39 is 0 Å². The normalized spacial score (nSPS) is 11.6. The van der Waals surface area contributed by atoms with E-state index in [9.17, 15) is 4.79 Å². The van der Waals surface area contributed by atoms with Crippen molar-refractivity contribution >= 4 is 33.5 Å². The molecule has 0 aliphatic heterocycles. The Balaban J connectivity index is 1.99. The van der Waals surface area contributed by atoms with E-state index in [4.69, 9.17) is 16.1 Å². The first-order valence-corrected chi connectivity index (χ1v) is 9.56. The number of nitrogens with zero attached hydrogens (tertiary/aromatic N) is 2. The predicted molar refractivity (Wildman–Crippen MR) is 114 cm³/mol. The first-order valence-electron chi connectivity index (χ1n) is 9.18. The van der Waals surface area contributed by atoms with Crippen LogP contribution < -0.4 is 5.69 Å². The lowest BCUT2D eigenvalue weighted by atomic mass is 9.91. The summed E-state index contributed by atoms with van der Waals surface area (Å²) in [6.45, 7) is 5.75. The van der Waals surface area contributed by atoms with Crippen LogP contribution in [0.15, 0.2) is 45.8 Å². The lowest BCUT2D eigenvalue weighted by molar-refractivity contribution is 0.393. The van der Waals surface area contributed by atoms with Gasteiger partial charge in [0, 0.05) is 28.3 Å². The SMILES string of the molecule is Cc1ccc2ncccc2c1-c1c(Cl)c(-c2c(C)noc2C)cc2[nH]c(=O)[nH]c12. The summed E-state index contributed by atoms with van der Waals surface area (Å²) in [5, 5.41) is 5.56. The molecule has 7 heteroatoms. The van der Waals surface area contributed by atoms with Gasteiger partial charge in [-0.2, -0.15) is 0 Å². The molecule has 0 saturated heterocycles. The molecule has 0 saturated carbocycles. The lowest BCUT2D eigenvalue weighted by Gasteiger charge is -2.15. The van der Waals surface area contributed by atoms with Crippen molar-refractivity contribution in [2.75, 3.05) is 0 Å². The van der Waals surface area contributed by atoms with Crippen molar-refractivity contribution in [1.29, 1.82) is 0 Å². The van der Waals surface area contributed by atoms with Gasteiger partial charge in [-0.15, -0.1) is 0 Å². The molecule has 0 unspecified atom stereocenters. The van der Waals surface area contributed by atoms with Crippen molar-refractivity contribution in [2.45, 2.75) is 20.8 Å². The van der Waals surface area contributed by atoms with Crippen LogP contribution >= 0.6 is 11.6 Å². The van der Waals surface area contributed by atoms with Crippen LogP contribution in [0.2, 0.25) is 5.02 Å². The summed E-state index contributed by atoms with van der Waals surface area (Å²) in [5.41, 5.74) is 6.97. The number of aromatic amines is 2. The summed E-state index contributed by atoms with van der Waals surface area (Å²) in [6.07, 6.45) is 1.76. The maximum absolute atomic E-state index is 12.2. The van der Waals surface area contributed by atoms with Crippen LogP contribution in [0.5, 0.6) is 0 Å². The highest BCUT2D eigenvalue weighted by molar-refractivity contribution is 6.38. The summed E-state index contributed by atoms with van der Waals surface area (Å²) in [5.74, 6) is 0.670. The number of aromatic nitrogens is 4. The number of hydrogen-bond donors (Lipinski definition) is 2. The third-order valence-electron chi connectivity index (χ3n) is 5.30. The molecule has 0 bridgehead atoms. The van der Waals surface area contributed by atoms with Crippen molar-refractivity contribution in [3.63, 3.8) is 0 Å². The van der Waals surface area contributed by atoms with Gasteiger partial charge in [-0.1, -0.05) is 28.9 Å². The van der Waals surface area contributed by atoms with E-state index in [0.29, 0.717) is 21.8 Å². The summed E-state index contributed by atoms with van der Waals surface area (Å²) in [4.78, 5) is 22.4. The van der Waals surface area contributed by atoms with Gasteiger partial charge >= 0.3 is 5.69 Å². The fourth-order valence-electron chi connectivity index (χ4n) is 4.03. The van der Waals surface area contributed by atoms with Gasteiger partial charge in [-0.3, -0.25) is 4.98 Å². The molecule has 3 aromatic heterocycles. The molecule has 0 fully saturated rings. The molecule has 0 radical (unpaired) electrons. The number of fused-ring (bicyclic) bond motifs is 2. The number of pyridine rings is 1. The zero-order chi connectivity index (χ0) is 20.3. The summed E-state index contributed by atoms with van der Waals surface area (Å²) in [7, 11) is 0. The second-order valence-corrected chi connectivity index (χ2v) is 7.52. The first-order chi connectivity index (χ1) is 14.0. The molecule has 3 heterocycles. The molecular weight excluding hydrogens is 388 g/mol. The minimum atomic E-state index is -0.288. The van der Waals surface area contributed by atoms with Gasteiger partial charge in [0.25, 0.3) is 0 Å². The fraction of sp³-hybridized carbons (Fsp3) is 0.136. The average molecular weight is 405 g/mol. The van der Waals surface area contributed by atoms with Gasteiger partial charge in [0.05, 0.1) is 27.3 Å². The highest BCUT2D eigenvalue weighted by Gasteiger charge is 2.23. The summed E-state index contributed by atoms with van der Waals surface area (Å²) >= 11 is 7.01. The second kappa shape index (κ2) is 6.32. The first kappa shape index (κ1) is 17.7. The van der Waals surface area contributed by atoms with Crippen LogP contribution in [-0.4, -0.2) is 20.1 Å². The van der Waals surface area contributed by atoms with Gasteiger partial charge < -0.3 is 14.5 Å². The van der Waals surface area contributed by atoms with Gasteiger partial charge in [0.1, 0.15) is 5.76 Å². The van der Waals surface area contributed by atoms with Gasteiger partial charge in [0.2, 0.25) is 0 Å². The zero-order valence-electron chi connectivity index (χ0n) is 16.1. The fourth-order valence-corrected chi connectivity index (χ4v) is 4.37. The standard InChI is InChI=1S/C22H17ClN4O2/c1-10-6-7-15-13(5-4-8-24-15)17(10)19-20(23)14(18-11(2)27-29-12(18)3)9-16-21(19)26-22(28)25-16/h4-9H,1-3H3,(H2,25,26,28). The van der Waals surface area contributed by atoms with E-state index >= 15 is 0 Å². The second-order valence-electron chi connectivity index (χ2n) is 7.14. The molecule has 0 aliphatic rings. The highest BCUT2D eigenvalue weighted by Crippen LogP contribution is 2.45. The Morgan fingerprint density at radius 2 is 1.86 bits per heavy atom. The van der Waals surface area contributed by atoms with Crippen molar-refractivity contribution in [2.24, 2.45) is 0 Å². The van der Waals surface area contributed by atoms with Crippen LogP contribution in [0.25, 0.3) is 44.2 Å². The number of H-pyrrole nitrogens is 2. The minimum Gasteiger partial charge on any atom is -0.361 e. The van der Waals surface area contributed by atoms with Crippen LogP contribution in [0.3, 0.4) is 0 Å². The van der Waals surface area contributed by atoms with Gasteiger partial charge in [-0.05, 0) is 50.1 Å². The molecule has 144 valence electrons. The van der Waals surface area contributed by atoms with E-state index in [1.807, 2.05) is 51.1 Å². The van der Waals surface area contributed by atoms with Crippen molar-refractivity contribution in [3.05, 3.63) is 69.1 Å². The van der Waals surface area contributed by atoms with Crippen molar-refractivity contribution < 1.29 is 4.52 Å². The largest absolute Gasteiger partial charge is 0.361 e. The molecule has 0 atom stereocenters. The molecular formula is C22H17ClN4O2. The van der Waals surface area contributed by atoms with E-state index in [0.717, 1.165) is 44.4 Å². The number of hydrogen-bond acceptors (Lipinski definition) is 4. The smallest absolute Gasteiger partial charge is 0.323 e. The van der Waals surface area contributed by atoms with Crippen LogP contribution in [0.4, 0.5) is 0 Å². The van der Waals surface area contributed by atoms with E-state index in [1.165, 1.54) is 0 Å². The van der Waals surface area contributed by atoms with Gasteiger partial charge in [0.15, 0.2) is 0 Å². The number of benzene rings is 2. The Kier molecular flexibility index (Phi) is 3.86. The minimum absolute atomic E-state index is 0.288. The molecule has 5 aromatic rings. The molecule has 29 heavy (non-hydrogen) atoms. The summed E-state index contributed by atoms with van der Waals surface area (Å²) < 4.78 is 5.36. The Morgan fingerprint density at radius 3 is 2.62 bits per heavy atom. The Bertz CT molecular complexity index is 1460. The number of nitrogens with one attached hydrogen (secondary N) is 2. The topological polar surface area (TPSA) is 87.6 Å². The van der Waals surface area contributed by atoms with Crippen molar-refractivity contribution in [1.82, 2.24) is 20.1 Å². The quantitative estimate of drug-likeness (QED) is 0.417. The van der Waals surface area contributed by atoms with E-state index in [1.54, 1.807) is 6.20 Å². The number of halogens is 1. The molecule has 0 aliphatic carbocycles. The number of aryl methyl sites for hydroxylation is 3. The molecule has 0 spiro atoms. The molecule has 2 N–H and O–H groups in total. The average Bonchev–Trinajstić information content (AvgIpc) is 3.23. The van der Waals surface area contributed by atoms with Crippen LogP contribution in [0, 0.1) is 20.8 Å². The monoisotopic (exact) mass is 404 g/mol. The third-order valence-corrected chi connectivity index (χ3v) is 5.69. The molecule has 0 amide bonds. The van der Waals surface area contributed by atoms with Crippen LogP contribution in [-0.2, 0) is 0 Å². The molecule has 5 rings (SSSR count). The Morgan fingerprint density at radius 1 is 1.03 bits per heavy atom. The predicted octanol–water partition coefficient (Wildman–Crippen LogP) is 5.31. The van der Waals surface area contributed by atoms with Crippen LogP contribution in [0.1, 0.15) is 17.0 Å². The summed E-state index contributed by atoms with van der Waals surface area (Å²) in [6, 6.07) is 9.77. The molecule has 6 nitrogen and oxygen atoms in total. The van der Waals surface area contributed by atoms with Gasteiger partial charge in [-0.25, -0.2) is 4.79 Å². The maximum Gasteiger partial charge on any atom is 0.323 e. The highest BCUT2D eigenvalue weighted by atomic mass is 35.5. The number of imidazole rings is 1. The number of rotatable bonds is 2. The Hall–Kier alpha value is -3.38. The van der Waals surface area contributed by atoms with E-state index in [2.05, 4.69) is 20.1 Å². The maximum atomic E-state index is 12.2. The zero-order valence-corrected chi connectivity index (χ0v) is 16.8. The van der Waals surface area contributed by atoms with E-state index in [-0.39, 0.29) is 5.69 Å². The van der Waals surface area contributed by atoms with Crippen molar-refractivity contribution in [3.8, 4) is 22.3 Å².